The molecule has 0 saturated heterocycles. The van der Waals surface area contributed by atoms with Crippen molar-refractivity contribution in [3.05, 3.63) is 40.4 Å². The maximum Gasteiger partial charge on any atom is 0.216 e. The third-order valence-corrected chi connectivity index (χ3v) is 3.57. The molecule has 1 aromatic carbocycles. The van der Waals surface area contributed by atoms with Crippen LogP contribution in [0, 0.1) is 0 Å². The summed E-state index contributed by atoms with van der Waals surface area (Å²) < 4.78 is 0.809. The molecule has 17 heavy (non-hydrogen) atoms. The van der Waals surface area contributed by atoms with Crippen LogP contribution in [0.15, 0.2) is 40.4 Å². The Labute approximate surface area is 109 Å². The second-order valence-electron chi connectivity index (χ2n) is 3.22. The van der Waals surface area contributed by atoms with Crippen LogP contribution in [0.3, 0.4) is 0 Å². The molecule has 0 aliphatic carbocycles. The Morgan fingerprint density at radius 1 is 1.18 bits per heavy atom. The van der Waals surface area contributed by atoms with Crippen molar-refractivity contribution >= 4 is 27.3 Å². The molecule has 0 fully saturated rings. The summed E-state index contributed by atoms with van der Waals surface area (Å²) in [6.45, 7) is 0. The number of thiazole rings is 1. The van der Waals surface area contributed by atoms with Crippen molar-refractivity contribution < 1.29 is 0 Å². The summed E-state index contributed by atoms with van der Waals surface area (Å²) in [7, 11) is 0. The molecule has 7 heteroatoms. The largest absolute Gasteiger partial charge is 0.237 e. The molecule has 0 unspecified atom stereocenters. The van der Waals surface area contributed by atoms with Gasteiger partial charge in [-0.1, -0.05) is 18.2 Å². The third-order valence-electron chi connectivity index (χ3n) is 2.10. The van der Waals surface area contributed by atoms with Crippen LogP contribution >= 0.6 is 27.3 Å². The van der Waals surface area contributed by atoms with Crippen molar-refractivity contribution in [3.8, 4) is 16.4 Å². The molecule has 0 bridgehead atoms. The van der Waals surface area contributed by atoms with Gasteiger partial charge in [-0.25, -0.2) is 4.98 Å². The molecule has 2 aromatic heterocycles. The van der Waals surface area contributed by atoms with Gasteiger partial charge in [0.25, 0.3) is 0 Å². The van der Waals surface area contributed by atoms with Crippen LogP contribution in [0.5, 0.6) is 0 Å². The Kier molecular flexibility index (Phi) is 2.69. The summed E-state index contributed by atoms with van der Waals surface area (Å²) in [4.78, 5) is 6.48. The maximum absolute atomic E-state index is 4.31. The second-order valence-corrected chi connectivity index (χ2v) is 5.52. The van der Waals surface area contributed by atoms with E-state index in [4.69, 9.17) is 0 Å². The molecule has 0 amide bonds. The molecule has 0 aliphatic rings. The van der Waals surface area contributed by atoms with Gasteiger partial charge >= 0.3 is 0 Å². The first-order valence-electron chi connectivity index (χ1n) is 4.80. The molecule has 0 aliphatic heterocycles. The summed E-state index contributed by atoms with van der Waals surface area (Å²) in [5.41, 5.74) is 0.884. The molecule has 0 N–H and O–H groups in total. The van der Waals surface area contributed by atoms with Crippen molar-refractivity contribution in [2.24, 2.45) is 0 Å². The predicted octanol–water partition coefficient (Wildman–Crippen LogP) is 2.55. The molecule has 2 heterocycles. The van der Waals surface area contributed by atoms with E-state index in [0.717, 1.165) is 14.5 Å². The number of nitrogens with zero attached hydrogens (tertiary/aromatic N) is 5. The molecule has 0 saturated carbocycles. The third kappa shape index (κ3) is 2.11. The summed E-state index contributed by atoms with van der Waals surface area (Å²) in [5.74, 6) is 0.581. The van der Waals surface area contributed by atoms with Crippen LogP contribution < -0.4 is 0 Å². The van der Waals surface area contributed by atoms with Gasteiger partial charge in [0.05, 0.1) is 16.8 Å². The first-order valence-corrected chi connectivity index (χ1v) is 6.41. The summed E-state index contributed by atoms with van der Waals surface area (Å²) >= 11 is 4.78. The van der Waals surface area contributed by atoms with Crippen LogP contribution in [0.2, 0.25) is 0 Å². The van der Waals surface area contributed by atoms with Gasteiger partial charge in [0.1, 0.15) is 0 Å². The van der Waals surface area contributed by atoms with Crippen LogP contribution in [-0.4, -0.2) is 25.2 Å². The van der Waals surface area contributed by atoms with Gasteiger partial charge in [0.2, 0.25) is 5.82 Å². The fraction of sp³-hybridized carbons (Fsp3) is 0. The van der Waals surface area contributed by atoms with Crippen molar-refractivity contribution in [2.45, 2.75) is 0 Å². The maximum atomic E-state index is 4.31. The predicted molar refractivity (Wildman–Crippen MR) is 68.0 cm³/mol. The van der Waals surface area contributed by atoms with E-state index < -0.39 is 0 Å². The van der Waals surface area contributed by atoms with Crippen LogP contribution in [0.4, 0.5) is 0 Å². The Morgan fingerprint density at radius 2 is 2.00 bits per heavy atom. The van der Waals surface area contributed by atoms with Gasteiger partial charge in [-0.05, 0) is 33.3 Å². The Balaban J connectivity index is 1.99. The quantitative estimate of drug-likeness (QED) is 0.730. The van der Waals surface area contributed by atoms with Crippen LogP contribution in [0.25, 0.3) is 16.4 Å². The number of benzene rings is 1. The zero-order valence-corrected chi connectivity index (χ0v) is 10.9. The lowest BCUT2D eigenvalue weighted by Crippen LogP contribution is -1.97. The first kappa shape index (κ1) is 10.5. The number of tetrazole rings is 1. The lowest BCUT2D eigenvalue weighted by atomic mass is 10.3. The smallest absolute Gasteiger partial charge is 0.216 e. The monoisotopic (exact) mass is 307 g/mol. The average molecular weight is 308 g/mol. The van der Waals surface area contributed by atoms with Crippen molar-refractivity contribution in [1.29, 1.82) is 0 Å². The zero-order valence-electron chi connectivity index (χ0n) is 8.49. The van der Waals surface area contributed by atoms with Crippen LogP contribution in [-0.2, 0) is 0 Å². The molecule has 84 valence electrons. The molecule has 3 aromatic rings. The highest BCUT2D eigenvalue weighted by molar-refractivity contribution is 9.11. The van der Waals surface area contributed by atoms with Gasteiger partial charge in [0, 0.05) is 0 Å². The highest BCUT2D eigenvalue weighted by Crippen LogP contribution is 2.25. The van der Waals surface area contributed by atoms with Crippen molar-refractivity contribution in [3.63, 3.8) is 0 Å². The fourth-order valence-corrected chi connectivity index (χ4v) is 2.53. The van der Waals surface area contributed by atoms with E-state index in [-0.39, 0.29) is 0 Å². The van der Waals surface area contributed by atoms with E-state index in [0.29, 0.717) is 5.82 Å². The Hall–Kier alpha value is -1.60. The summed E-state index contributed by atoms with van der Waals surface area (Å²) in [5, 5.41) is 12.3. The number of hydrogen-bond donors (Lipinski definition) is 0. The molecule has 0 spiro atoms. The molecule has 5 nitrogen and oxygen atoms in total. The van der Waals surface area contributed by atoms with E-state index in [9.17, 15) is 0 Å². The van der Waals surface area contributed by atoms with Gasteiger partial charge in [-0.3, -0.25) is 0 Å². The van der Waals surface area contributed by atoms with E-state index in [1.165, 1.54) is 16.1 Å². The number of rotatable bonds is 2. The molecule has 0 atom stereocenters. The normalized spacial score (nSPS) is 10.6. The van der Waals surface area contributed by atoms with E-state index in [2.05, 4.69) is 36.3 Å². The van der Waals surface area contributed by atoms with Gasteiger partial charge < -0.3 is 0 Å². The molecule has 3 rings (SSSR count). The van der Waals surface area contributed by atoms with Gasteiger partial charge in [0.15, 0.2) is 3.92 Å². The van der Waals surface area contributed by atoms with E-state index in [1.807, 2.05) is 30.3 Å². The summed E-state index contributed by atoms with van der Waals surface area (Å²) in [6, 6.07) is 9.66. The zero-order chi connectivity index (χ0) is 11.7. The second kappa shape index (κ2) is 4.34. The minimum absolute atomic E-state index is 0.581. The highest BCUT2D eigenvalue weighted by Gasteiger charge is 2.09. The minimum Gasteiger partial charge on any atom is -0.237 e. The fourth-order valence-electron chi connectivity index (χ4n) is 1.34. The highest BCUT2D eigenvalue weighted by atomic mass is 79.9. The van der Waals surface area contributed by atoms with E-state index in [1.54, 1.807) is 6.20 Å². The molecular formula is C10H6BrN5S. The van der Waals surface area contributed by atoms with E-state index >= 15 is 0 Å². The topological polar surface area (TPSA) is 56.5 Å². The first-order chi connectivity index (χ1) is 8.33. The Bertz CT molecular complexity index is 633. The molecular weight excluding hydrogens is 302 g/mol. The standard InChI is InChI=1S/C10H6BrN5S/c11-10-12-6-8(17-10)9-13-15-16(14-9)7-4-2-1-3-5-7/h1-6H. The van der Waals surface area contributed by atoms with Gasteiger partial charge in [-0.2, -0.15) is 0 Å². The minimum atomic E-state index is 0.581. The van der Waals surface area contributed by atoms with Crippen molar-refractivity contribution in [1.82, 2.24) is 25.2 Å². The number of hydrogen-bond acceptors (Lipinski definition) is 5. The SMILES string of the molecule is Brc1ncc(-c2nnn(-c3ccccc3)n2)s1. The summed E-state index contributed by atoms with van der Waals surface area (Å²) in [6.07, 6.45) is 1.72. The Morgan fingerprint density at radius 3 is 2.71 bits per heavy atom. The number of para-hydroxylation sites is 1. The molecule has 0 radical (unpaired) electrons. The number of aromatic nitrogens is 5. The van der Waals surface area contributed by atoms with Crippen LogP contribution in [0.1, 0.15) is 0 Å². The average Bonchev–Trinajstić information content (AvgIpc) is 2.98. The lowest BCUT2D eigenvalue weighted by molar-refractivity contribution is 0.720. The number of halogens is 1. The lowest BCUT2D eigenvalue weighted by Gasteiger charge is -1.94. The van der Waals surface area contributed by atoms with Gasteiger partial charge in [-0.15, -0.1) is 26.3 Å². The van der Waals surface area contributed by atoms with Crippen molar-refractivity contribution in [2.75, 3.05) is 0 Å².